The Balaban J connectivity index is 0.00000243. The molecule has 1 N–H and O–H groups in total. The number of fused-ring (bicyclic) bond motifs is 1. The molecule has 1 unspecified atom stereocenters. The van der Waals surface area contributed by atoms with Gasteiger partial charge in [-0.2, -0.15) is 0 Å². The van der Waals surface area contributed by atoms with E-state index >= 15 is 0 Å². The first-order valence-corrected chi connectivity index (χ1v) is 8.79. The summed E-state index contributed by atoms with van der Waals surface area (Å²) in [4.78, 5) is 4.72. The maximum atomic E-state index is 10.5. The molecule has 3 rings (SSSR count). The summed E-state index contributed by atoms with van der Waals surface area (Å²) in [5.74, 6) is 2.12. The smallest absolute Gasteiger partial charge is 0.122 e. The number of aliphatic hydroxyl groups is 1. The molecule has 1 atom stereocenters. The summed E-state index contributed by atoms with van der Waals surface area (Å²) in [5.41, 5.74) is 4.25. The Hall–Kier alpha value is -2.04. The van der Waals surface area contributed by atoms with Crippen molar-refractivity contribution in [1.82, 2.24) is 9.55 Å². The fourth-order valence-electron chi connectivity index (χ4n) is 3.04. The second kappa shape index (κ2) is 8.56. The molecule has 4 nitrogen and oxygen atoms in total. The van der Waals surface area contributed by atoms with Crippen molar-refractivity contribution in [1.29, 1.82) is 0 Å². The fraction of sp³-hybridized carbons (Fsp3) is 0.381. The molecule has 0 saturated heterocycles. The number of aliphatic hydroxyl groups excluding tert-OH is 1. The van der Waals surface area contributed by atoms with Gasteiger partial charge < -0.3 is 14.4 Å². The minimum Gasteiger partial charge on any atom is -0.491 e. The second-order valence-corrected chi connectivity index (χ2v) is 6.96. The summed E-state index contributed by atoms with van der Waals surface area (Å²) in [7, 11) is 0. The zero-order valence-electron chi connectivity index (χ0n) is 15.8. The lowest BCUT2D eigenvalue weighted by Gasteiger charge is -2.17. The molecule has 0 radical (unpaired) electrons. The van der Waals surface area contributed by atoms with Gasteiger partial charge in [0.2, 0.25) is 0 Å². The first-order valence-electron chi connectivity index (χ1n) is 8.79. The van der Waals surface area contributed by atoms with E-state index in [2.05, 4.69) is 24.5 Å². The summed E-state index contributed by atoms with van der Waals surface area (Å²) in [6.07, 6.45) is -0.602. The molecule has 1 aromatic heterocycles. The summed E-state index contributed by atoms with van der Waals surface area (Å²) < 4.78 is 7.97. The van der Waals surface area contributed by atoms with Gasteiger partial charge in [0.05, 0.1) is 17.6 Å². The van der Waals surface area contributed by atoms with Crippen molar-refractivity contribution >= 4 is 23.4 Å². The van der Waals surface area contributed by atoms with E-state index in [1.165, 1.54) is 0 Å². The van der Waals surface area contributed by atoms with Crippen LogP contribution in [0.4, 0.5) is 0 Å². The third kappa shape index (κ3) is 4.37. The number of hydrogen-bond acceptors (Lipinski definition) is 3. The summed E-state index contributed by atoms with van der Waals surface area (Å²) in [5, 5.41) is 10.5. The minimum atomic E-state index is -0.602. The summed E-state index contributed by atoms with van der Waals surface area (Å²) in [6.45, 7) is 9.03. The maximum Gasteiger partial charge on any atom is 0.122 e. The largest absolute Gasteiger partial charge is 0.491 e. The van der Waals surface area contributed by atoms with E-state index < -0.39 is 6.10 Å². The van der Waals surface area contributed by atoms with E-state index in [1.54, 1.807) is 0 Å². The van der Waals surface area contributed by atoms with Gasteiger partial charge in [-0.1, -0.05) is 38.1 Å². The molecule has 0 saturated carbocycles. The Bertz CT molecular complexity index is 874. The first-order chi connectivity index (χ1) is 12.0. The number of imidazole rings is 1. The summed E-state index contributed by atoms with van der Waals surface area (Å²) in [6, 6.07) is 14.2. The van der Waals surface area contributed by atoms with Gasteiger partial charge in [0.15, 0.2) is 0 Å². The second-order valence-electron chi connectivity index (χ2n) is 6.96. The number of ether oxygens (including phenoxy) is 1. The van der Waals surface area contributed by atoms with Crippen molar-refractivity contribution in [3.05, 3.63) is 59.4 Å². The molecule has 5 heteroatoms. The molecule has 0 spiro atoms. The van der Waals surface area contributed by atoms with Crippen molar-refractivity contribution in [2.24, 2.45) is 0 Å². The molecule has 3 aromatic rings. The SMILES string of the molecule is Cc1ccc(C)c(OCC(O)Cn2c(C(C)C)nc3ccccc32)c1.Cl. The molecule has 0 amide bonds. The van der Waals surface area contributed by atoms with Gasteiger partial charge in [0.25, 0.3) is 0 Å². The van der Waals surface area contributed by atoms with Gasteiger partial charge >= 0.3 is 0 Å². The highest BCUT2D eigenvalue weighted by Crippen LogP contribution is 2.23. The number of aryl methyl sites for hydroxylation is 2. The van der Waals surface area contributed by atoms with E-state index in [1.807, 2.05) is 50.2 Å². The molecule has 0 aliphatic carbocycles. The van der Waals surface area contributed by atoms with Crippen LogP contribution in [0.25, 0.3) is 11.0 Å². The molecular weight excluding hydrogens is 348 g/mol. The topological polar surface area (TPSA) is 47.3 Å². The standard InChI is InChI=1S/C21H26N2O2.ClH/c1-14(2)21-22-18-7-5-6-8-19(18)23(21)12-17(24)13-25-20-11-15(3)9-10-16(20)4;/h5-11,14,17,24H,12-13H2,1-4H3;1H. The van der Waals surface area contributed by atoms with Crippen LogP contribution >= 0.6 is 12.4 Å². The number of halogens is 1. The average molecular weight is 375 g/mol. The number of rotatable bonds is 6. The zero-order chi connectivity index (χ0) is 18.0. The van der Waals surface area contributed by atoms with Crippen LogP contribution in [0, 0.1) is 13.8 Å². The Morgan fingerprint density at radius 3 is 2.58 bits per heavy atom. The maximum absolute atomic E-state index is 10.5. The Morgan fingerprint density at radius 2 is 1.85 bits per heavy atom. The fourth-order valence-corrected chi connectivity index (χ4v) is 3.04. The monoisotopic (exact) mass is 374 g/mol. The third-order valence-electron chi connectivity index (χ3n) is 4.37. The average Bonchev–Trinajstić information content (AvgIpc) is 2.95. The van der Waals surface area contributed by atoms with E-state index in [4.69, 9.17) is 9.72 Å². The predicted octanol–water partition coefficient (Wildman–Crippen LogP) is 4.64. The lowest BCUT2D eigenvalue weighted by Crippen LogP contribution is -2.25. The van der Waals surface area contributed by atoms with Gasteiger partial charge in [-0.25, -0.2) is 4.98 Å². The van der Waals surface area contributed by atoms with E-state index in [-0.39, 0.29) is 19.0 Å². The highest BCUT2D eigenvalue weighted by atomic mass is 35.5. The van der Waals surface area contributed by atoms with Crippen LogP contribution in [0.5, 0.6) is 5.75 Å². The van der Waals surface area contributed by atoms with Crippen LogP contribution in [-0.4, -0.2) is 27.4 Å². The number of aromatic nitrogens is 2. The number of para-hydroxylation sites is 2. The molecule has 0 aliphatic heterocycles. The van der Waals surface area contributed by atoms with Crippen molar-refractivity contribution in [2.45, 2.75) is 46.3 Å². The Kier molecular flexibility index (Phi) is 6.68. The van der Waals surface area contributed by atoms with Crippen molar-refractivity contribution in [2.75, 3.05) is 6.61 Å². The van der Waals surface area contributed by atoms with Gasteiger partial charge in [0.1, 0.15) is 24.3 Å². The van der Waals surface area contributed by atoms with Gasteiger partial charge in [-0.3, -0.25) is 0 Å². The minimum absolute atomic E-state index is 0. The zero-order valence-corrected chi connectivity index (χ0v) is 16.6. The first kappa shape index (κ1) is 20.3. The van der Waals surface area contributed by atoms with Crippen LogP contribution in [-0.2, 0) is 6.54 Å². The van der Waals surface area contributed by atoms with Crippen LogP contribution in [0.3, 0.4) is 0 Å². The van der Waals surface area contributed by atoms with Crippen molar-refractivity contribution < 1.29 is 9.84 Å². The van der Waals surface area contributed by atoms with Gasteiger partial charge in [-0.05, 0) is 43.2 Å². The molecule has 0 bridgehead atoms. The van der Waals surface area contributed by atoms with Gasteiger partial charge in [0, 0.05) is 5.92 Å². The highest BCUT2D eigenvalue weighted by molar-refractivity contribution is 5.85. The Morgan fingerprint density at radius 1 is 1.12 bits per heavy atom. The molecule has 26 heavy (non-hydrogen) atoms. The quantitative estimate of drug-likeness (QED) is 0.683. The van der Waals surface area contributed by atoms with Crippen LogP contribution in [0.15, 0.2) is 42.5 Å². The van der Waals surface area contributed by atoms with Crippen LogP contribution < -0.4 is 4.74 Å². The predicted molar refractivity (Wildman–Crippen MR) is 108 cm³/mol. The highest BCUT2D eigenvalue weighted by Gasteiger charge is 2.17. The normalized spacial score (nSPS) is 12.2. The molecule has 0 fully saturated rings. The lowest BCUT2D eigenvalue weighted by molar-refractivity contribution is 0.0922. The lowest BCUT2D eigenvalue weighted by atomic mass is 10.1. The number of nitrogens with zero attached hydrogens (tertiary/aromatic N) is 2. The van der Waals surface area contributed by atoms with Crippen molar-refractivity contribution in [3.8, 4) is 5.75 Å². The number of hydrogen-bond donors (Lipinski definition) is 1. The van der Waals surface area contributed by atoms with E-state index in [9.17, 15) is 5.11 Å². The third-order valence-corrected chi connectivity index (χ3v) is 4.37. The van der Waals surface area contributed by atoms with Crippen molar-refractivity contribution in [3.63, 3.8) is 0 Å². The Labute approximate surface area is 161 Å². The van der Waals surface area contributed by atoms with Crippen LogP contribution in [0.1, 0.15) is 36.7 Å². The van der Waals surface area contributed by atoms with E-state index in [0.29, 0.717) is 12.5 Å². The molecular formula is C21H27ClN2O2. The molecule has 1 heterocycles. The van der Waals surface area contributed by atoms with E-state index in [0.717, 1.165) is 33.7 Å². The molecule has 2 aromatic carbocycles. The molecule has 0 aliphatic rings. The summed E-state index contributed by atoms with van der Waals surface area (Å²) >= 11 is 0. The van der Waals surface area contributed by atoms with Gasteiger partial charge in [-0.15, -0.1) is 12.4 Å². The molecule has 140 valence electrons. The van der Waals surface area contributed by atoms with Crippen LogP contribution in [0.2, 0.25) is 0 Å². The number of benzene rings is 2.